The summed E-state index contributed by atoms with van der Waals surface area (Å²) in [5.74, 6) is 2.13. The summed E-state index contributed by atoms with van der Waals surface area (Å²) in [7, 11) is 3.17. The zero-order valence-corrected chi connectivity index (χ0v) is 10.3. The first kappa shape index (κ1) is 13.0. The van der Waals surface area contributed by atoms with Gasteiger partial charge < -0.3 is 20.3 Å². The highest BCUT2D eigenvalue weighted by Gasteiger charge is 2.09. The maximum atomic E-state index is 8.71. The minimum absolute atomic E-state index is 0.195. The topological polar surface area (TPSA) is 64.7 Å². The van der Waals surface area contributed by atoms with E-state index in [0.29, 0.717) is 17.2 Å². The number of aliphatic hydroxyl groups excluding tert-OH is 1. The van der Waals surface area contributed by atoms with Crippen molar-refractivity contribution in [2.75, 3.05) is 32.3 Å². The summed E-state index contributed by atoms with van der Waals surface area (Å²) < 4.78 is 10.3. The van der Waals surface area contributed by atoms with Gasteiger partial charge in [-0.3, -0.25) is 0 Å². The molecule has 1 aromatic carbocycles. The highest BCUT2D eigenvalue weighted by Crippen LogP contribution is 2.36. The molecule has 0 atom stereocenters. The van der Waals surface area contributed by atoms with E-state index in [9.17, 15) is 0 Å². The second-order valence-electron chi connectivity index (χ2n) is 3.17. The Bertz CT molecular complexity index is 344. The lowest BCUT2D eigenvalue weighted by atomic mass is 10.3. The van der Waals surface area contributed by atoms with Crippen molar-refractivity contribution in [3.05, 3.63) is 12.1 Å². The summed E-state index contributed by atoms with van der Waals surface area (Å²) in [6, 6.07) is 3.61. The number of thioether (sulfide) groups is 1. The molecule has 0 unspecified atom stereocenters. The van der Waals surface area contributed by atoms with E-state index in [-0.39, 0.29) is 6.61 Å². The Morgan fingerprint density at radius 1 is 1.25 bits per heavy atom. The van der Waals surface area contributed by atoms with Crippen molar-refractivity contribution < 1.29 is 14.6 Å². The normalized spacial score (nSPS) is 10.2. The summed E-state index contributed by atoms with van der Waals surface area (Å²) >= 11 is 1.60. The lowest BCUT2D eigenvalue weighted by molar-refractivity contribution is 0.296. The number of hydrogen-bond donors (Lipinski definition) is 2. The maximum absolute atomic E-state index is 8.71. The average Bonchev–Trinajstić information content (AvgIpc) is 2.31. The molecule has 0 aliphatic rings. The Morgan fingerprint density at radius 2 is 1.88 bits per heavy atom. The molecule has 0 aliphatic carbocycles. The number of methoxy groups -OCH3 is 2. The molecule has 0 radical (unpaired) electrons. The lowest BCUT2D eigenvalue weighted by Gasteiger charge is -2.11. The van der Waals surface area contributed by atoms with Gasteiger partial charge in [-0.25, -0.2) is 0 Å². The van der Waals surface area contributed by atoms with E-state index in [0.717, 1.165) is 17.1 Å². The highest BCUT2D eigenvalue weighted by atomic mass is 32.2. The SMILES string of the molecule is COc1cc(N)c(SCCCO)cc1OC. The van der Waals surface area contributed by atoms with E-state index in [1.54, 1.807) is 32.0 Å². The first-order valence-corrected chi connectivity index (χ1v) is 5.96. The molecule has 0 aromatic heterocycles. The van der Waals surface area contributed by atoms with Crippen molar-refractivity contribution >= 4 is 17.4 Å². The molecular weight excluding hydrogens is 226 g/mol. The van der Waals surface area contributed by atoms with E-state index in [1.807, 2.05) is 6.07 Å². The van der Waals surface area contributed by atoms with E-state index >= 15 is 0 Å². The molecule has 0 bridgehead atoms. The molecule has 16 heavy (non-hydrogen) atoms. The number of rotatable bonds is 6. The first-order chi connectivity index (χ1) is 7.72. The molecule has 0 heterocycles. The Kier molecular flexibility index (Phi) is 5.28. The van der Waals surface area contributed by atoms with E-state index < -0.39 is 0 Å². The fourth-order valence-corrected chi connectivity index (χ4v) is 2.16. The third-order valence-electron chi connectivity index (χ3n) is 2.08. The summed E-state index contributed by atoms with van der Waals surface area (Å²) in [4.78, 5) is 0.950. The molecule has 90 valence electrons. The number of ether oxygens (including phenoxy) is 2. The number of benzene rings is 1. The van der Waals surface area contributed by atoms with Crippen molar-refractivity contribution in [1.82, 2.24) is 0 Å². The van der Waals surface area contributed by atoms with Gasteiger partial charge in [0, 0.05) is 29.0 Å². The van der Waals surface area contributed by atoms with Crippen LogP contribution in [-0.2, 0) is 0 Å². The molecule has 0 spiro atoms. The first-order valence-electron chi connectivity index (χ1n) is 4.98. The number of aliphatic hydroxyl groups is 1. The van der Waals surface area contributed by atoms with Gasteiger partial charge in [-0.2, -0.15) is 0 Å². The van der Waals surface area contributed by atoms with Gasteiger partial charge in [-0.15, -0.1) is 11.8 Å². The zero-order chi connectivity index (χ0) is 12.0. The number of nitrogen functional groups attached to an aromatic ring is 1. The predicted octanol–water partition coefficient (Wildman–Crippen LogP) is 1.76. The standard InChI is InChI=1S/C11H17NO3S/c1-14-9-6-8(12)11(7-10(9)15-2)16-5-3-4-13/h6-7,13H,3-5,12H2,1-2H3. The summed E-state index contributed by atoms with van der Waals surface area (Å²) in [6.45, 7) is 0.195. The Morgan fingerprint density at radius 3 is 2.44 bits per heavy atom. The number of hydrogen-bond acceptors (Lipinski definition) is 5. The Balaban J connectivity index is 2.84. The monoisotopic (exact) mass is 243 g/mol. The maximum Gasteiger partial charge on any atom is 0.162 e. The molecule has 0 saturated carbocycles. The summed E-state index contributed by atoms with van der Waals surface area (Å²) in [5.41, 5.74) is 6.55. The van der Waals surface area contributed by atoms with E-state index in [4.69, 9.17) is 20.3 Å². The fourth-order valence-electron chi connectivity index (χ4n) is 1.25. The van der Waals surface area contributed by atoms with Crippen LogP contribution in [0.3, 0.4) is 0 Å². The van der Waals surface area contributed by atoms with Crippen LogP contribution in [0.4, 0.5) is 5.69 Å². The average molecular weight is 243 g/mol. The highest BCUT2D eigenvalue weighted by molar-refractivity contribution is 7.99. The largest absolute Gasteiger partial charge is 0.493 e. The minimum Gasteiger partial charge on any atom is -0.493 e. The van der Waals surface area contributed by atoms with Gasteiger partial charge in [0.2, 0.25) is 0 Å². The van der Waals surface area contributed by atoms with Crippen LogP contribution in [0.25, 0.3) is 0 Å². The molecule has 1 rings (SSSR count). The fraction of sp³-hybridized carbons (Fsp3) is 0.455. The molecule has 0 saturated heterocycles. The number of anilines is 1. The molecular formula is C11H17NO3S. The van der Waals surface area contributed by atoms with Gasteiger partial charge in [0.1, 0.15) is 0 Å². The second-order valence-corrected chi connectivity index (χ2v) is 4.31. The van der Waals surface area contributed by atoms with Gasteiger partial charge in [0.15, 0.2) is 11.5 Å². The molecule has 4 nitrogen and oxygen atoms in total. The van der Waals surface area contributed by atoms with Gasteiger partial charge in [-0.1, -0.05) is 0 Å². The predicted molar refractivity (Wildman–Crippen MR) is 66.4 cm³/mol. The minimum atomic E-state index is 0.195. The Hall–Kier alpha value is -1.07. The van der Waals surface area contributed by atoms with Crippen LogP contribution in [0, 0.1) is 0 Å². The molecule has 0 aliphatic heterocycles. The van der Waals surface area contributed by atoms with Crippen LogP contribution in [0.15, 0.2) is 17.0 Å². The van der Waals surface area contributed by atoms with Crippen molar-refractivity contribution in [3.63, 3.8) is 0 Å². The molecule has 1 aromatic rings. The molecule has 3 N–H and O–H groups in total. The quantitative estimate of drug-likeness (QED) is 0.453. The van der Waals surface area contributed by atoms with Gasteiger partial charge >= 0.3 is 0 Å². The van der Waals surface area contributed by atoms with Crippen LogP contribution in [0.2, 0.25) is 0 Å². The van der Waals surface area contributed by atoms with Gasteiger partial charge in [-0.05, 0) is 12.5 Å². The van der Waals surface area contributed by atoms with Crippen LogP contribution in [-0.4, -0.2) is 31.7 Å². The van der Waals surface area contributed by atoms with Crippen LogP contribution in [0.5, 0.6) is 11.5 Å². The summed E-state index contributed by atoms with van der Waals surface area (Å²) in [5, 5.41) is 8.71. The Labute approximate surface area is 99.7 Å². The number of nitrogens with two attached hydrogens (primary N) is 1. The van der Waals surface area contributed by atoms with Crippen LogP contribution >= 0.6 is 11.8 Å². The third kappa shape index (κ3) is 3.21. The molecule has 0 fully saturated rings. The lowest BCUT2D eigenvalue weighted by Crippen LogP contribution is -1.96. The second kappa shape index (κ2) is 6.50. The third-order valence-corrected chi connectivity index (χ3v) is 3.23. The smallest absolute Gasteiger partial charge is 0.162 e. The van der Waals surface area contributed by atoms with Crippen LogP contribution < -0.4 is 15.2 Å². The summed E-state index contributed by atoms with van der Waals surface area (Å²) in [6.07, 6.45) is 0.748. The molecule has 0 amide bonds. The zero-order valence-electron chi connectivity index (χ0n) is 9.53. The van der Waals surface area contributed by atoms with E-state index in [2.05, 4.69) is 0 Å². The van der Waals surface area contributed by atoms with Crippen molar-refractivity contribution in [2.45, 2.75) is 11.3 Å². The van der Waals surface area contributed by atoms with E-state index in [1.165, 1.54) is 0 Å². The van der Waals surface area contributed by atoms with Crippen molar-refractivity contribution in [1.29, 1.82) is 0 Å². The van der Waals surface area contributed by atoms with Crippen LogP contribution in [0.1, 0.15) is 6.42 Å². The van der Waals surface area contributed by atoms with Crippen molar-refractivity contribution in [3.8, 4) is 11.5 Å². The van der Waals surface area contributed by atoms with Crippen molar-refractivity contribution in [2.24, 2.45) is 0 Å². The van der Waals surface area contributed by atoms with Gasteiger partial charge in [0.05, 0.1) is 14.2 Å². The van der Waals surface area contributed by atoms with Gasteiger partial charge in [0.25, 0.3) is 0 Å². The molecule has 5 heteroatoms.